The molecule has 0 aromatic heterocycles. The maximum Gasteiger partial charge on any atom is 0.416 e. The van der Waals surface area contributed by atoms with Crippen LogP contribution in [-0.4, -0.2) is 30.6 Å². The molecule has 0 atom stereocenters. The molecule has 1 aromatic rings. The Bertz CT molecular complexity index is 465. The van der Waals surface area contributed by atoms with Gasteiger partial charge in [-0.05, 0) is 56.2 Å². The monoisotopic (exact) mass is 304 g/mol. The Morgan fingerprint density at radius 2 is 1.86 bits per heavy atom. The Labute approximate surface area is 122 Å². The SMILES string of the molecule is CCN1CCC(NCc2cc(F)cc(C(F)(F)F)c2)CC1. The lowest BCUT2D eigenvalue weighted by Crippen LogP contribution is -2.42. The molecule has 0 bridgehead atoms. The largest absolute Gasteiger partial charge is 0.416 e. The van der Waals surface area contributed by atoms with Gasteiger partial charge in [-0.2, -0.15) is 13.2 Å². The van der Waals surface area contributed by atoms with Gasteiger partial charge in [0.05, 0.1) is 5.56 Å². The first kappa shape index (κ1) is 16.2. The van der Waals surface area contributed by atoms with E-state index in [0.29, 0.717) is 11.6 Å². The molecule has 1 fully saturated rings. The van der Waals surface area contributed by atoms with E-state index in [1.54, 1.807) is 0 Å². The summed E-state index contributed by atoms with van der Waals surface area (Å²) in [7, 11) is 0. The van der Waals surface area contributed by atoms with Crippen LogP contribution in [-0.2, 0) is 12.7 Å². The second-order valence-corrected chi connectivity index (χ2v) is 5.44. The second kappa shape index (κ2) is 6.75. The Morgan fingerprint density at radius 1 is 1.19 bits per heavy atom. The smallest absolute Gasteiger partial charge is 0.310 e. The highest BCUT2D eigenvalue weighted by atomic mass is 19.4. The van der Waals surface area contributed by atoms with Gasteiger partial charge in [-0.15, -0.1) is 0 Å². The molecule has 1 saturated heterocycles. The molecule has 1 aromatic carbocycles. The van der Waals surface area contributed by atoms with Crippen molar-refractivity contribution in [3.05, 3.63) is 35.1 Å². The highest BCUT2D eigenvalue weighted by Gasteiger charge is 2.31. The molecule has 1 heterocycles. The van der Waals surface area contributed by atoms with Crippen LogP contribution in [0.3, 0.4) is 0 Å². The van der Waals surface area contributed by atoms with Crippen molar-refractivity contribution in [3.63, 3.8) is 0 Å². The molecule has 0 unspecified atom stereocenters. The van der Waals surface area contributed by atoms with Crippen LogP contribution in [0.15, 0.2) is 18.2 Å². The lowest BCUT2D eigenvalue weighted by Gasteiger charge is -2.31. The van der Waals surface area contributed by atoms with Crippen molar-refractivity contribution in [2.45, 2.75) is 38.5 Å². The molecule has 0 amide bonds. The summed E-state index contributed by atoms with van der Waals surface area (Å²) in [4.78, 5) is 2.34. The first-order valence-corrected chi connectivity index (χ1v) is 7.21. The van der Waals surface area contributed by atoms with E-state index in [-0.39, 0.29) is 12.6 Å². The first-order valence-electron chi connectivity index (χ1n) is 7.21. The number of piperidine rings is 1. The fraction of sp³-hybridized carbons (Fsp3) is 0.600. The molecule has 118 valence electrons. The number of hydrogen-bond donors (Lipinski definition) is 1. The zero-order chi connectivity index (χ0) is 15.5. The minimum atomic E-state index is -4.51. The van der Waals surface area contributed by atoms with Crippen molar-refractivity contribution < 1.29 is 17.6 Å². The number of halogens is 4. The van der Waals surface area contributed by atoms with E-state index in [4.69, 9.17) is 0 Å². The quantitative estimate of drug-likeness (QED) is 0.858. The molecule has 2 rings (SSSR count). The molecular formula is C15H20F4N2. The lowest BCUT2D eigenvalue weighted by atomic mass is 10.0. The molecule has 0 aliphatic carbocycles. The summed E-state index contributed by atoms with van der Waals surface area (Å²) in [5.41, 5.74) is -0.597. The predicted octanol–water partition coefficient (Wildman–Crippen LogP) is 3.42. The van der Waals surface area contributed by atoms with E-state index in [2.05, 4.69) is 17.1 Å². The van der Waals surface area contributed by atoms with E-state index < -0.39 is 17.6 Å². The average molecular weight is 304 g/mol. The van der Waals surface area contributed by atoms with Crippen LogP contribution < -0.4 is 5.32 Å². The van der Waals surface area contributed by atoms with Gasteiger partial charge in [-0.3, -0.25) is 0 Å². The van der Waals surface area contributed by atoms with Crippen molar-refractivity contribution in [1.82, 2.24) is 10.2 Å². The Kier molecular flexibility index (Phi) is 5.22. The van der Waals surface area contributed by atoms with E-state index in [1.807, 2.05) is 0 Å². The van der Waals surface area contributed by atoms with Crippen molar-refractivity contribution in [1.29, 1.82) is 0 Å². The molecule has 1 aliphatic heterocycles. The number of hydrogen-bond acceptors (Lipinski definition) is 2. The fourth-order valence-electron chi connectivity index (χ4n) is 2.63. The summed E-state index contributed by atoms with van der Waals surface area (Å²) in [6.07, 6.45) is -2.58. The lowest BCUT2D eigenvalue weighted by molar-refractivity contribution is -0.137. The van der Waals surface area contributed by atoms with Gasteiger partial charge < -0.3 is 10.2 Å². The predicted molar refractivity (Wildman–Crippen MR) is 73.4 cm³/mol. The van der Waals surface area contributed by atoms with Crippen molar-refractivity contribution in [2.75, 3.05) is 19.6 Å². The summed E-state index contributed by atoms with van der Waals surface area (Å²) in [5.74, 6) is -0.845. The third-order valence-corrected chi connectivity index (χ3v) is 3.91. The molecule has 1 aliphatic rings. The maximum absolute atomic E-state index is 13.3. The highest BCUT2D eigenvalue weighted by molar-refractivity contribution is 5.26. The third kappa shape index (κ3) is 4.68. The topological polar surface area (TPSA) is 15.3 Å². The molecule has 6 heteroatoms. The van der Waals surface area contributed by atoms with Gasteiger partial charge in [0.2, 0.25) is 0 Å². The zero-order valence-electron chi connectivity index (χ0n) is 12.0. The maximum atomic E-state index is 13.3. The Morgan fingerprint density at radius 3 is 2.43 bits per heavy atom. The van der Waals surface area contributed by atoms with Crippen LogP contribution in [0.5, 0.6) is 0 Å². The highest BCUT2D eigenvalue weighted by Crippen LogP contribution is 2.30. The van der Waals surface area contributed by atoms with E-state index >= 15 is 0 Å². The number of benzene rings is 1. The average Bonchev–Trinajstić information content (AvgIpc) is 2.44. The van der Waals surface area contributed by atoms with E-state index in [9.17, 15) is 17.6 Å². The van der Waals surface area contributed by atoms with Crippen LogP contribution in [0.4, 0.5) is 17.6 Å². The zero-order valence-corrected chi connectivity index (χ0v) is 12.0. The molecule has 21 heavy (non-hydrogen) atoms. The number of alkyl halides is 3. The minimum absolute atomic E-state index is 0.262. The Balaban J connectivity index is 1.93. The standard InChI is InChI=1S/C15H20F4N2/c1-2-21-5-3-14(4-6-21)20-10-11-7-12(15(17,18)19)9-13(16)8-11/h7-9,14,20H,2-6,10H2,1H3. The summed E-state index contributed by atoms with van der Waals surface area (Å²) in [5, 5.41) is 3.23. The van der Waals surface area contributed by atoms with E-state index in [0.717, 1.165) is 44.6 Å². The Hall–Kier alpha value is -1.14. The van der Waals surface area contributed by atoms with Gasteiger partial charge in [0, 0.05) is 12.6 Å². The fourth-order valence-corrected chi connectivity index (χ4v) is 2.63. The normalized spacial score (nSPS) is 18.1. The van der Waals surface area contributed by atoms with Crippen LogP contribution in [0, 0.1) is 5.82 Å². The number of nitrogens with zero attached hydrogens (tertiary/aromatic N) is 1. The van der Waals surface area contributed by atoms with Gasteiger partial charge in [-0.1, -0.05) is 6.92 Å². The molecule has 1 N–H and O–H groups in total. The van der Waals surface area contributed by atoms with Gasteiger partial charge in [0.25, 0.3) is 0 Å². The molecule has 0 spiro atoms. The molecular weight excluding hydrogens is 284 g/mol. The van der Waals surface area contributed by atoms with Gasteiger partial charge in [0.15, 0.2) is 0 Å². The summed E-state index contributed by atoms with van der Waals surface area (Å²) in [6, 6.07) is 2.98. The summed E-state index contributed by atoms with van der Waals surface area (Å²) in [6.45, 7) is 5.37. The molecule has 0 radical (unpaired) electrons. The summed E-state index contributed by atoms with van der Waals surface area (Å²) < 4.78 is 51.2. The van der Waals surface area contributed by atoms with Crippen LogP contribution >= 0.6 is 0 Å². The number of nitrogens with one attached hydrogen (secondary N) is 1. The van der Waals surface area contributed by atoms with Gasteiger partial charge in [-0.25, -0.2) is 4.39 Å². The first-order chi connectivity index (χ1) is 9.88. The van der Waals surface area contributed by atoms with Crippen LogP contribution in [0.2, 0.25) is 0 Å². The van der Waals surface area contributed by atoms with Gasteiger partial charge >= 0.3 is 6.18 Å². The summed E-state index contributed by atoms with van der Waals surface area (Å²) >= 11 is 0. The van der Waals surface area contributed by atoms with Crippen molar-refractivity contribution in [2.24, 2.45) is 0 Å². The van der Waals surface area contributed by atoms with Crippen molar-refractivity contribution in [3.8, 4) is 0 Å². The van der Waals surface area contributed by atoms with Crippen LogP contribution in [0.1, 0.15) is 30.9 Å². The van der Waals surface area contributed by atoms with Gasteiger partial charge in [0.1, 0.15) is 5.82 Å². The molecule has 0 saturated carbocycles. The number of likely N-dealkylation sites (tertiary alicyclic amines) is 1. The minimum Gasteiger partial charge on any atom is -0.310 e. The number of rotatable bonds is 4. The van der Waals surface area contributed by atoms with Crippen LogP contribution in [0.25, 0.3) is 0 Å². The van der Waals surface area contributed by atoms with Crippen molar-refractivity contribution >= 4 is 0 Å². The molecule has 2 nitrogen and oxygen atoms in total. The second-order valence-electron chi connectivity index (χ2n) is 5.44. The van der Waals surface area contributed by atoms with E-state index in [1.165, 1.54) is 0 Å². The third-order valence-electron chi connectivity index (χ3n) is 3.91.